The van der Waals surface area contributed by atoms with Crippen LogP contribution in [0.3, 0.4) is 0 Å². The van der Waals surface area contributed by atoms with E-state index in [1.165, 1.54) is 23.3 Å². The molecule has 3 heterocycles. The summed E-state index contributed by atoms with van der Waals surface area (Å²) in [5.41, 5.74) is 2.73. The molecule has 0 radical (unpaired) electrons. The molecular weight excluding hydrogens is 318 g/mol. The van der Waals surface area contributed by atoms with E-state index in [0.717, 1.165) is 30.5 Å². The second-order valence-corrected chi connectivity index (χ2v) is 7.40. The standard InChI is InChI=1S/C20H21NO2S/c1-2-14-7-8-16-15(12-20(22)23-18(16)11-14)13-21-9-3-5-17(21)19-6-4-10-24-19/h4,6-8,10-12,17H,2-3,5,9,13H2,1H3. The van der Waals surface area contributed by atoms with E-state index in [-0.39, 0.29) is 5.63 Å². The zero-order valence-electron chi connectivity index (χ0n) is 13.8. The molecule has 3 nitrogen and oxygen atoms in total. The van der Waals surface area contributed by atoms with E-state index in [1.54, 1.807) is 6.07 Å². The first-order valence-electron chi connectivity index (χ1n) is 8.57. The number of thiophene rings is 1. The van der Waals surface area contributed by atoms with Gasteiger partial charge < -0.3 is 4.42 Å². The molecular formula is C20H21NO2S. The predicted molar refractivity (Wildman–Crippen MR) is 98.6 cm³/mol. The monoisotopic (exact) mass is 339 g/mol. The predicted octanol–water partition coefficient (Wildman–Crippen LogP) is 4.75. The quantitative estimate of drug-likeness (QED) is 0.643. The van der Waals surface area contributed by atoms with Crippen molar-refractivity contribution >= 4 is 22.3 Å². The van der Waals surface area contributed by atoms with Crippen LogP contribution >= 0.6 is 11.3 Å². The van der Waals surface area contributed by atoms with Crippen molar-refractivity contribution in [1.82, 2.24) is 4.90 Å². The summed E-state index contributed by atoms with van der Waals surface area (Å²) in [4.78, 5) is 15.9. The summed E-state index contributed by atoms with van der Waals surface area (Å²) in [5, 5.41) is 3.20. The Bertz CT molecular complexity index is 898. The number of hydrogen-bond acceptors (Lipinski definition) is 4. The zero-order valence-corrected chi connectivity index (χ0v) is 14.6. The van der Waals surface area contributed by atoms with Crippen LogP contribution in [0.25, 0.3) is 11.0 Å². The maximum atomic E-state index is 12.0. The van der Waals surface area contributed by atoms with Gasteiger partial charge in [-0.3, -0.25) is 4.90 Å². The van der Waals surface area contributed by atoms with Gasteiger partial charge in [0.05, 0.1) is 0 Å². The smallest absolute Gasteiger partial charge is 0.336 e. The van der Waals surface area contributed by atoms with Crippen molar-refractivity contribution in [2.75, 3.05) is 6.54 Å². The van der Waals surface area contributed by atoms with Crippen molar-refractivity contribution in [3.63, 3.8) is 0 Å². The van der Waals surface area contributed by atoms with Crippen LogP contribution in [0.4, 0.5) is 0 Å². The maximum Gasteiger partial charge on any atom is 0.336 e. The topological polar surface area (TPSA) is 33.5 Å². The first-order chi connectivity index (χ1) is 11.7. The van der Waals surface area contributed by atoms with E-state index in [4.69, 9.17) is 4.42 Å². The fourth-order valence-corrected chi connectivity index (χ4v) is 4.56. The number of benzene rings is 1. The van der Waals surface area contributed by atoms with Crippen molar-refractivity contribution in [3.8, 4) is 0 Å². The van der Waals surface area contributed by atoms with Crippen LogP contribution in [0.2, 0.25) is 0 Å². The lowest BCUT2D eigenvalue weighted by Crippen LogP contribution is -2.23. The fraction of sp³-hybridized carbons (Fsp3) is 0.350. The van der Waals surface area contributed by atoms with Crippen molar-refractivity contribution in [2.24, 2.45) is 0 Å². The Morgan fingerprint density at radius 2 is 2.21 bits per heavy atom. The summed E-state index contributed by atoms with van der Waals surface area (Å²) >= 11 is 1.82. The van der Waals surface area contributed by atoms with Gasteiger partial charge in [0.2, 0.25) is 0 Å². The number of nitrogens with zero attached hydrogens (tertiary/aromatic N) is 1. The molecule has 0 bridgehead atoms. The first kappa shape index (κ1) is 15.6. The first-order valence-corrected chi connectivity index (χ1v) is 9.45. The Hall–Kier alpha value is -1.91. The molecule has 0 saturated carbocycles. The van der Waals surface area contributed by atoms with Gasteiger partial charge in [0.1, 0.15) is 5.58 Å². The average Bonchev–Trinajstić information content (AvgIpc) is 3.25. The average molecular weight is 339 g/mol. The van der Waals surface area contributed by atoms with Gasteiger partial charge in [0.15, 0.2) is 0 Å². The van der Waals surface area contributed by atoms with Gasteiger partial charge in [-0.05, 0) is 54.4 Å². The second-order valence-electron chi connectivity index (χ2n) is 6.42. The van der Waals surface area contributed by atoms with Gasteiger partial charge in [-0.25, -0.2) is 4.79 Å². The van der Waals surface area contributed by atoms with Gasteiger partial charge in [0.25, 0.3) is 0 Å². The highest BCUT2D eigenvalue weighted by molar-refractivity contribution is 7.10. The molecule has 0 spiro atoms. The molecule has 0 N–H and O–H groups in total. The highest BCUT2D eigenvalue weighted by Gasteiger charge is 2.27. The van der Waals surface area contributed by atoms with Crippen LogP contribution < -0.4 is 5.63 Å². The Morgan fingerprint density at radius 1 is 1.29 bits per heavy atom. The minimum absolute atomic E-state index is 0.252. The van der Waals surface area contributed by atoms with E-state index in [0.29, 0.717) is 11.6 Å². The number of fused-ring (bicyclic) bond motifs is 1. The Balaban J connectivity index is 1.70. The van der Waals surface area contributed by atoms with E-state index in [2.05, 4.69) is 41.5 Å². The number of rotatable bonds is 4. The highest BCUT2D eigenvalue weighted by Crippen LogP contribution is 2.36. The van der Waals surface area contributed by atoms with Crippen molar-refractivity contribution in [2.45, 2.75) is 38.8 Å². The lowest BCUT2D eigenvalue weighted by atomic mass is 10.1. The van der Waals surface area contributed by atoms with Crippen molar-refractivity contribution in [3.05, 3.63) is 68.2 Å². The van der Waals surface area contributed by atoms with Crippen LogP contribution in [-0.2, 0) is 13.0 Å². The largest absolute Gasteiger partial charge is 0.423 e. The molecule has 0 aliphatic carbocycles. The van der Waals surface area contributed by atoms with E-state index in [1.807, 2.05) is 17.4 Å². The molecule has 1 saturated heterocycles. The summed E-state index contributed by atoms with van der Waals surface area (Å²) < 4.78 is 5.44. The minimum Gasteiger partial charge on any atom is -0.423 e. The highest BCUT2D eigenvalue weighted by atomic mass is 32.1. The molecule has 1 atom stereocenters. The molecule has 1 fully saturated rings. The number of hydrogen-bond donors (Lipinski definition) is 0. The third-order valence-corrected chi connectivity index (χ3v) is 5.89. The SMILES string of the molecule is CCc1ccc2c(CN3CCCC3c3cccs3)cc(=O)oc2c1. The van der Waals surface area contributed by atoms with Crippen molar-refractivity contribution < 1.29 is 4.42 Å². The molecule has 3 aromatic rings. The summed E-state index contributed by atoms with van der Waals surface area (Å²) in [6.45, 7) is 3.99. The summed E-state index contributed by atoms with van der Waals surface area (Å²) in [5.74, 6) is 0. The molecule has 4 heteroatoms. The second kappa shape index (κ2) is 6.54. The lowest BCUT2D eigenvalue weighted by Gasteiger charge is -2.24. The lowest BCUT2D eigenvalue weighted by molar-refractivity contribution is 0.252. The van der Waals surface area contributed by atoms with Gasteiger partial charge in [-0.2, -0.15) is 0 Å². The molecule has 1 unspecified atom stereocenters. The number of aryl methyl sites for hydroxylation is 1. The molecule has 1 aliphatic heterocycles. The summed E-state index contributed by atoms with van der Waals surface area (Å²) in [6, 6.07) is 12.7. The molecule has 4 rings (SSSR count). The number of likely N-dealkylation sites (tertiary alicyclic amines) is 1. The molecule has 24 heavy (non-hydrogen) atoms. The zero-order chi connectivity index (χ0) is 16.5. The maximum absolute atomic E-state index is 12.0. The minimum atomic E-state index is -0.252. The van der Waals surface area contributed by atoms with Gasteiger partial charge in [-0.1, -0.05) is 25.1 Å². The normalized spacial score (nSPS) is 18.5. The van der Waals surface area contributed by atoms with E-state index in [9.17, 15) is 4.79 Å². The molecule has 124 valence electrons. The van der Waals surface area contributed by atoms with Crippen molar-refractivity contribution in [1.29, 1.82) is 0 Å². The third-order valence-electron chi connectivity index (χ3n) is 4.91. The molecule has 1 aliphatic rings. The Kier molecular flexibility index (Phi) is 4.25. The molecule has 2 aromatic heterocycles. The van der Waals surface area contributed by atoms with Crippen LogP contribution in [0.1, 0.15) is 41.8 Å². The van der Waals surface area contributed by atoms with Crippen LogP contribution in [-0.4, -0.2) is 11.4 Å². The van der Waals surface area contributed by atoms with Crippen LogP contribution in [0, 0.1) is 0 Å². The molecule has 1 aromatic carbocycles. The van der Waals surface area contributed by atoms with Crippen LogP contribution in [0.15, 0.2) is 51.0 Å². The Morgan fingerprint density at radius 3 is 3.00 bits per heavy atom. The van der Waals surface area contributed by atoms with Crippen LogP contribution in [0.5, 0.6) is 0 Å². The fourth-order valence-electron chi connectivity index (χ4n) is 3.66. The van der Waals surface area contributed by atoms with Gasteiger partial charge in [0, 0.05) is 28.9 Å². The summed E-state index contributed by atoms with van der Waals surface area (Å²) in [6.07, 6.45) is 3.35. The third kappa shape index (κ3) is 2.92. The summed E-state index contributed by atoms with van der Waals surface area (Å²) in [7, 11) is 0. The van der Waals surface area contributed by atoms with E-state index < -0.39 is 0 Å². The van der Waals surface area contributed by atoms with Gasteiger partial charge in [-0.15, -0.1) is 11.3 Å². The van der Waals surface area contributed by atoms with E-state index >= 15 is 0 Å². The molecule has 0 amide bonds. The van der Waals surface area contributed by atoms with Gasteiger partial charge >= 0.3 is 5.63 Å². The Labute approximate surface area is 145 Å².